The Morgan fingerprint density at radius 3 is 2.78 bits per heavy atom. The molecule has 0 aliphatic rings. The molecule has 0 atom stereocenters. The monoisotopic (exact) mass is 262 g/mol. The van der Waals surface area contributed by atoms with Crippen molar-refractivity contribution < 1.29 is 9.90 Å². The number of thiazole rings is 1. The predicted octanol–water partition coefficient (Wildman–Crippen LogP) is 1.75. The van der Waals surface area contributed by atoms with E-state index in [-0.39, 0.29) is 11.7 Å². The SMILES string of the molecule is O=C(Cc1cscn1)NCCc1ccc(O)cc1. The molecule has 1 amide bonds. The number of amides is 1. The summed E-state index contributed by atoms with van der Waals surface area (Å²) in [4.78, 5) is 15.6. The Labute approximate surface area is 109 Å². The largest absolute Gasteiger partial charge is 0.508 e. The fourth-order valence-corrected chi connectivity index (χ4v) is 2.12. The molecule has 18 heavy (non-hydrogen) atoms. The van der Waals surface area contributed by atoms with Gasteiger partial charge in [-0.05, 0) is 24.1 Å². The van der Waals surface area contributed by atoms with E-state index in [4.69, 9.17) is 5.11 Å². The van der Waals surface area contributed by atoms with Gasteiger partial charge in [-0.3, -0.25) is 4.79 Å². The second kappa shape index (κ2) is 6.16. The Hall–Kier alpha value is -1.88. The third kappa shape index (κ3) is 3.85. The van der Waals surface area contributed by atoms with Gasteiger partial charge in [-0.25, -0.2) is 4.98 Å². The van der Waals surface area contributed by atoms with Crippen LogP contribution < -0.4 is 5.32 Å². The lowest BCUT2D eigenvalue weighted by molar-refractivity contribution is -0.120. The molecule has 0 aliphatic heterocycles. The van der Waals surface area contributed by atoms with E-state index in [1.54, 1.807) is 17.6 Å². The molecule has 2 N–H and O–H groups in total. The van der Waals surface area contributed by atoms with E-state index < -0.39 is 0 Å². The number of nitrogens with one attached hydrogen (secondary N) is 1. The van der Waals surface area contributed by atoms with Crippen LogP contribution in [0.2, 0.25) is 0 Å². The Kier molecular flexibility index (Phi) is 4.30. The van der Waals surface area contributed by atoms with Gasteiger partial charge < -0.3 is 10.4 Å². The van der Waals surface area contributed by atoms with Crippen LogP contribution in [0.4, 0.5) is 0 Å². The molecule has 94 valence electrons. The van der Waals surface area contributed by atoms with Gasteiger partial charge in [-0.1, -0.05) is 12.1 Å². The van der Waals surface area contributed by atoms with Crippen molar-refractivity contribution in [2.24, 2.45) is 0 Å². The molecule has 0 radical (unpaired) electrons. The van der Waals surface area contributed by atoms with Crippen molar-refractivity contribution >= 4 is 17.2 Å². The molecule has 0 aliphatic carbocycles. The van der Waals surface area contributed by atoms with E-state index in [1.165, 1.54) is 11.3 Å². The Morgan fingerprint density at radius 1 is 1.33 bits per heavy atom. The summed E-state index contributed by atoms with van der Waals surface area (Å²) in [5, 5.41) is 13.9. The van der Waals surface area contributed by atoms with Crippen molar-refractivity contribution in [3.05, 3.63) is 46.4 Å². The van der Waals surface area contributed by atoms with Crippen molar-refractivity contribution in [3.8, 4) is 5.75 Å². The highest BCUT2D eigenvalue weighted by atomic mass is 32.1. The maximum Gasteiger partial charge on any atom is 0.226 e. The van der Waals surface area contributed by atoms with Crippen LogP contribution in [0.25, 0.3) is 0 Å². The third-order valence-electron chi connectivity index (χ3n) is 2.50. The fraction of sp³-hybridized carbons (Fsp3) is 0.231. The number of benzene rings is 1. The Balaban J connectivity index is 1.72. The zero-order valence-electron chi connectivity index (χ0n) is 9.80. The van der Waals surface area contributed by atoms with Gasteiger partial charge in [0.15, 0.2) is 0 Å². The minimum Gasteiger partial charge on any atom is -0.508 e. The highest BCUT2D eigenvalue weighted by Crippen LogP contribution is 2.09. The summed E-state index contributed by atoms with van der Waals surface area (Å²) in [7, 11) is 0. The fourth-order valence-electron chi connectivity index (χ4n) is 1.56. The van der Waals surface area contributed by atoms with E-state index in [0.717, 1.165) is 17.7 Å². The molecule has 0 unspecified atom stereocenters. The minimum atomic E-state index is -0.0142. The van der Waals surface area contributed by atoms with Gasteiger partial charge in [-0.15, -0.1) is 11.3 Å². The molecule has 0 fully saturated rings. The lowest BCUT2D eigenvalue weighted by atomic mass is 10.1. The van der Waals surface area contributed by atoms with E-state index in [9.17, 15) is 4.79 Å². The van der Waals surface area contributed by atoms with Crippen molar-refractivity contribution in [1.82, 2.24) is 10.3 Å². The molecule has 1 aromatic heterocycles. The highest BCUT2D eigenvalue weighted by Gasteiger charge is 2.04. The lowest BCUT2D eigenvalue weighted by Gasteiger charge is -2.04. The first-order valence-corrected chi connectivity index (χ1v) is 6.60. The average Bonchev–Trinajstić information content (AvgIpc) is 2.84. The van der Waals surface area contributed by atoms with Crippen molar-refractivity contribution in [2.75, 3.05) is 6.54 Å². The van der Waals surface area contributed by atoms with Crippen LogP contribution in [-0.2, 0) is 17.6 Å². The smallest absolute Gasteiger partial charge is 0.226 e. The number of nitrogens with zero attached hydrogens (tertiary/aromatic N) is 1. The summed E-state index contributed by atoms with van der Waals surface area (Å²) >= 11 is 1.49. The standard InChI is InChI=1S/C13H14N2O2S/c16-12-3-1-10(2-4-12)5-6-14-13(17)7-11-8-18-9-15-11/h1-4,8-9,16H,5-7H2,(H,14,17). The molecule has 0 bridgehead atoms. The maximum absolute atomic E-state index is 11.6. The number of hydrogen-bond acceptors (Lipinski definition) is 4. The number of aromatic nitrogens is 1. The van der Waals surface area contributed by atoms with Gasteiger partial charge in [0.05, 0.1) is 17.6 Å². The first kappa shape index (κ1) is 12.6. The molecule has 2 aromatic rings. The Morgan fingerprint density at radius 2 is 2.11 bits per heavy atom. The van der Waals surface area contributed by atoms with Crippen LogP contribution in [0.3, 0.4) is 0 Å². The maximum atomic E-state index is 11.6. The molecular weight excluding hydrogens is 248 g/mol. The van der Waals surface area contributed by atoms with Gasteiger partial charge in [0, 0.05) is 11.9 Å². The quantitative estimate of drug-likeness (QED) is 0.863. The lowest BCUT2D eigenvalue weighted by Crippen LogP contribution is -2.27. The van der Waals surface area contributed by atoms with Crippen molar-refractivity contribution in [3.63, 3.8) is 0 Å². The molecular formula is C13H14N2O2S. The third-order valence-corrected chi connectivity index (χ3v) is 3.13. The number of hydrogen-bond donors (Lipinski definition) is 2. The first-order chi connectivity index (χ1) is 8.74. The van der Waals surface area contributed by atoms with E-state index >= 15 is 0 Å². The van der Waals surface area contributed by atoms with Gasteiger partial charge >= 0.3 is 0 Å². The second-order valence-corrected chi connectivity index (χ2v) is 4.64. The number of carbonyl (C=O) groups excluding carboxylic acids is 1. The summed E-state index contributed by atoms with van der Waals surface area (Å²) in [6.45, 7) is 0.591. The number of carbonyl (C=O) groups is 1. The molecule has 0 saturated carbocycles. The van der Waals surface area contributed by atoms with Crippen LogP contribution >= 0.6 is 11.3 Å². The van der Waals surface area contributed by atoms with Crippen LogP contribution in [0.15, 0.2) is 35.2 Å². The van der Waals surface area contributed by atoms with E-state index in [2.05, 4.69) is 10.3 Å². The Bertz CT molecular complexity index is 494. The number of rotatable bonds is 5. The van der Waals surface area contributed by atoms with Gasteiger partial charge in [0.2, 0.25) is 5.91 Å². The first-order valence-electron chi connectivity index (χ1n) is 5.66. The van der Waals surface area contributed by atoms with Crippen molar-refractivity contribution in [1.29, 1.82) is 0 Å². The molecule has 0 spiro atoms. The van der Waals surface area contributed by atoms with Crippen LogP contribution in [0.1, 0.15) is 11.3 Å². The molecule has 2 rings (SSSR count). The van der Waals surface area contributed by atoms with E-state index in [1.807, 2.05) is 17.5 Å². The molecule has 4 nitrogen and oxygen atoms in total. The zero-order chi connectivity index (χ0) is 12.8. The van der Waals surface area contributed by atoms with Crippen LogP contribution in [0.5, 0.6) is 5.75 Å². The topological polar surface area (TPSA) is 62.2 Å². The number of phenols is 1. The van der Waals surface area contributed by atoms with Crippen molar-refractivity contribution in [2.45, 2.75) is 12.8 Å². The van der Waals surface area contributed by atoms with Gasteiger partial charge in [0.25, 0.3) is 0 Å². The predicted molar refractivity (Wildman–Crippen MR) is 70.6 cm³/mol. The average molecular weight is 262 g/mol. The summed E-state index contributed by atoms with van der Waals surface area (Å²) in [6, 6.07) is 6.99. The number of aromatic hydroxyl groups is 1. The van der Waals surface area contributed by atoms with Gasteiger partial charge in [0.1, 0.15) is 5.75 Å². The molecule has 0 saturated heterocycles. The highest BCUT2D eigenvalue weighted by molar-refractivity contribution is 7.07. The normalized spacial score (nSPS) is 10.2. The zero-order valence-corrected chi connectivity index (χ0v) is 10.6. The number of phenolic OH excluding ortho intramolecular Hbond substituents is 1. The molecule has 1 aromatic carbocycles. The summed E-state index contributed by atoms with van der Waals surface area (Å²) in [6.07, 6.45) is 1.09. The summed E-state index contributed by atoms with van der Waals surface area (Å²) < 4.78 is 0. The van der Waals surface area contributed by atoms with Crippen LogP contribution in [0, 0.1) is 0 Å². The molecule has 5 heteroatoms. The summed E-state index contributed by atoms with van der Waals surface area (Å²) in [5.41, 5.74) is 3.61. The summed E-state index contributed by atoms with van der Waals surface area (Å²) in [5.74, 6) is 0.242. The molecule has 1 heterocycles. The van der Waals surface area contributed by atoms with E-state index in [0.29, 0.717) is 13.0 Å². The van der Waals surface area contributed by atoms with Crippen LogP contribution in [-0.4, -0.2) is 22.5 Å². The minimum absolute atomic E-state index is 0.0142. The second-order valence-electron chi connectivity index (χ2n) is 3.92. The van der Waals surface area contributed by atoms with Gasteiger partial charge in [-0.2, -0.15) is 0 Å².